The van der Waals surface area contributed by atoms with E-state index in [9.17, 15) is 15.3 Å². The van der Waals surface area contributed by atoms with Crippen molar-refractivity contribution in [1.29, 1.82) is 10.5 Å². The SMILES string of the molecule is N#Cc1c(CCCO)c(C#N)c2[nH]c3ccccc3n2c1=O. The van der Waals surface area contributed by atoms with E-state index in [1.165, 1.54) is 4.40 Å². The molecule has 0 amide bonds. The fourth-order valence-corrected chi connectivity index (χ4v) is 2.71. The van der Waals surface area contributed by atoms with E-state index in [1.54, 1.807) is 12.1 Å². The molecule has 0 aliphatic heterocycles. The number of nitriles is 2. The number of aliphatic hydroxyl groups is 1. The average molecular weight is 292 g/mol. The number of H-pyrrole nitrogens is 1. The third kappa shape index (κ3) is 1.86. The number of benzene rings is 1. The predicted octanol–water partition coefficient (Wildman–Crippen LogP) is 1.45. The Balaban J connectivity index is 2.52. The van der Waals surface area contributed by atoms with Crippen LogP contribution in [0.3, 0.4) is 0 Å². The monoisotopic (exact) mass is 292 g/mol. The Morgan fingerprint density at radius 1 is 1.18 bits per heavy atom. The third-order valence-corrected chi connectivity index (χ3v) is 3.69. The van der Waals surface area contributed by atoms with Crippen LogP contribution in [0.25, 0.3) is 16.7 Å². The second kappa shape index (κ2) is 5.36. The van der Waals surface area contributed by atoms with Gasteiger partial charge in [0.1, 0.15) is 23.3 Å². The second-order valence-corrected chi connectivity index (χ2v) is 4.91. The van der Waals surface area contributed by atoms with E-state index in [-0.39, 0.29) is 17.7 Å². The summed E-state index contributed by atoms with van der Waals surface area (Å²) in [5, 5.41) is 27.8. The smallest absolute Gasteiger partial charge is 0.275 e. The lowest BCUT2D eigenvalue weighted by Crippen LogP contribution is -2.20. The van der Waals surface area contributed by atoms with Crippen LogP contribution < -0.4 is 5.56 Å². The normalized spacial score (nSPS) is 10.7. The summed E-state index contributed by atoms with van der Waals surface area (Å²) in [5.41, 5.74) is 1.94. The molecule has 2 N–H and O–H groups in total. The molecule has 108 valence electrons. The number of aromatic amines is 1. The molecule has 0 unspecified atom stereocenters. The van der Waals surface area contributed by atoms with Gasteiger partial charge in [-0.15, -0.1) is 0 Å². The van der Waals surface area contributed by atoms with Crippen molar-refractivity contribution in [3.8, 4) is 12.1 Å². The van der Waals surface area contributed by atoms with Crippen LogP contribution in [0.2, 0.25) is 0 Å². The van der Waals surface area contributed by atoms with Crippen molar-refractivity contribution in [3.05, 3.63) is 51.3 Å². The van der Waals surface area contributed by atoms with Gasteiger partial charge in [-0.1, -0.05) is 12.1 Å². The third-order valence-electron chi connectivity index (χ3n) is 3.69. The fraction of sp³-hybridized carbons (Fsp3) is 0.188. The minimum atomic E-state index is -0.443. The number of nitrogens with one attached hydrogen (secondary N) is 1. The molecular weight excluding hydrogens is 280 g/mol. The Morgan fingerprint density at radius 3 is 2.59 bits per heavy atom. The van der Waals surface area contributed by atoms with Gasteiger partial charge in [0.25, 0.3) is 5.56 Å². The van der Waals surface area contributed by atoms with Crippen LogP contribution in [0.4, 0.5) is 0 Å². The molecule has 3 aromatic rings. The maximum absolute atomic E-state index is 12.6. The topological polar surface area (TPSA) is 105 Å². The van der Waals surface area contributed by atoms with Gasteiger partial charge in [-0.25, -0.2) is 0 Å². The molecule has 0 saturated heterocycles. The highest BCUT2D eigenvalue weighted by Crippen LogP contribution is 2.22. The molecule has 0 bridgehead atoms. The van der Waals surface area contributed by atoms with Crippen LogP contribution in [0.15, 0.2) is 29.1 Å². The van der Waals surface area contributed by atoms with E-state index >= 15 is 0 Å². The number of hydrogen-bond donors (Lipinski definition) is 2. The van der Waals surface area contributed by atoms with Crippen LogP contribution in [-0.2, 0) is 6.42 Å². The summed E-state index contributed by atoms with van der Waals surface area (Å²) >= 11 is 0. The fourth-order valence-electron chi connectivity index (χ4n) is 2.71. The molecule has 0 saturated carbocycles. The number of imidazole rings is 1. The maximum atomic E-state index is 12.6. The Labute approximate surface area is 125 Å². The lowest BCUT2D eigenvalue weighted by molar-refractivity contribution is 0.288. The number of fused-ring (bicyclic) bond motifs is 3. The zero-order valence-corrected chi connectivity index (χ0v) is 11.6. The summed E-state index contributed by atoms with van der Waals surface area (Å²) in [5.74, 6) is 0. The van der Waals surface area contributed by atoms with E-state index in [4.69, 9.17) is 5.11 Å². The summed E-state index contributed by atoms with van der Waals surface area (Å²) < 4.78 is 1.37. The molecule has 0 aliphatic rings. The van der Waals surface area contributed by atoms with Crippen molar-refractivity contribution in [2.24, 2.45) is 0 Å². The highest BCUT2D eigenvalue weighted by molar-refractivity contribution is 5.83. The van der Waals surface area contributed by atoms with Crippen molar-refractivity contribution in [2.75, 3.05) is 6.61 Å². The molecule has 6 nitrogen and oxygen atoms in total. The molecule has 6 heteroatoms. The zero-order valence-electron chi connectivity index (χ0n) is 11.6. The number of nitrogens with zero attached hydrogens (tertiary/aromatic N) is 3. The highest BCUT2D eigenvalue weighted by atomic mass is 16.2. The maximum Gasteiger partial charge on any atom is 0.275 e. The lowest BCUT2D eigenvalue weighted by Gasteiger charge is -2.07. The quantitative estimate of drug-likeness (QED) is 0.762. The van der Waals surface area contributed by atoms with E-state index in [2.05, 4.69) is 11.1 Å². The summed E-state index contributed by atoms with van der Waals surface area (Å²) in [7, 11) is 0. The van der Waals surface area contributed by atoms with Gasteiger partial charge in [0, 0.05) is 6.61 Å². The van der Waals surface area contributed by atoms with E-state index < -0.39 is 5.56 Å². The van der Waals surface area contributed by atoms with Gasteiger partial charge in [0.05, 0.1) is 16.6 Å². The lowest BCUT2D eigenvalue weighted by atomic mass is 10.00. The van der Waals surface area contributed by atoms with Crippen LogP contribution in [0.1, 0.15) is 23.1 Å². The number of para-hydroxylation sites is 2. The predicted molar refractivity (Wildman–Crippen MR) is 80.4 cm³/mol. The molecule has 22 heavy (non-hydrogen) atoms. The first-order valence-corrected chi connectivity index (χ1v) is 6.82. The van der Waals surface area contributed by atoms with Crippen molar-refractivity contribution >= 4 is 16.7 Å². The Morgan fingerprint density at radius 2 is 1.91 bits per heavy atom. The van der Waals surface area contributed by atoms with Gasteiger partial charge in [-0.2, -0.15) is 10.5 Å². The van der Waals surface area contributed by atoms with E-state index in [1.807, 2.05) is 18.2 Å². The van der Waals surface area contributed by atoms with Crippen LogP contribution >= 0.6 is 0 Å². The largest absolute Gasteiger partial charge is 0.396 e. The molecule has 0 fully saturated rings. The van der Waals surface area contributed by atoms with E-state index in [0.717, 1.165) is 5.52 Å². The standard InChI is InChI=1S/C16H12N4O2/c17-8-11-10(4-3-7-21)12(9-18)16(22)20-14-6-2-1-5-13(14)19-15(11)20/h1-2,5-6,19,21H,3-4,7H2. The molecular formula is C16H12N4O2. The number of pyridine rings is 1. The van der Waals surface area contributed by atoms with E-state index in [0.29, 0.717) is 29.6 Å². The van der Waals surface area contributed by atoms with Crippen LogP contribution in [0.5, 0.6) is 0 Å². The summed E-state index contributed by atoms with van der Waals surface area (Å²) in [6.07, 6.45) is 0.697. The molecule has 0 spiro atoms. The molecule has 0 aliphatic carbocycles. The minimum Gasteiger partial charge on any atom is -0.396 e. The number of aromatic nitrogens is 2. The van der Waals surface area contributed by atoms with Crippen LogP contribution in [0, 0.1) is 22.7 Å². The second-order valence-electron chi connectivity index (χ2n) is 4.91. The molecule has 0 atom stereocenters. The van der Waals surface area contributed by atoms with Gasteiger partial charge in [0.2, 0.25) is 0 Å². The minimum absolute atomic E-state index is 0.0350. The summed E-state index contributed by atoms with van der Waals surface area (Å²) in [4.78, 5) is 15.7. The van der Waals surface area contributed by atoms with Crippen molar-refractivity contribution in [2.45, 2.75) is 12.8 Å². The number of aliphatic hydroxyl groups excluding tert-OH is 1. The Hall–Kier alpha value is -3.09. The first-order chi connectivity index (χ1) is 10.7. The van der Waals surface area contributed by atoms with Gasteiger partial charge < -0.3 is 10.1 Å². The van der Waals surface area contributed by atoms with Gasteiger partial charge >= 0.3 is 0 Å². The van der Waals surface area contributed by atoms with Gasteiger partial charge in [-0.05, 0) is 30.5 Å². The molecule has 0 radical (unpaired) electrons. The van der Waals surface area contributed by atoms with Crippen LogP contribution in [-0.4, -0.2) is 21.1 Å². The van der Waals surface area contributed by atoms with Gasteiger partial charge in [0.15, 0.2) is 0 Å². The highest BCUT2D eigenvalue weighted by Gasteiger charge is 2.20. The Kier molecular flexibility index (Phi) is 3.38. The number of rotatable bonds is 3. The first kappa shape index (κ1) is 13.9. The molecule has 2 heterocycles. The van der Waals surface area contributed by atoms with Gasteiger partial charge in [-0.3, -0.25) is 9.20 Å². The Bertz CT molecular complexity index is 1010. The molecule has 3 rings (SSSR count). The molecule has 1 aromatic carbocycles. The summed E-state index contributed by atoms with van der Waals surface area (Å²) in [6.45, 7) is -0.0676. The molecule has 2 aromatic heterocycles. The average Bonchev–Trinajstić information content (AvgIpc) is 2.92. The number of hydrogen-bond acceptors (Lipinski definition) is 4. The first-order valence-electron chi connectivity index (χ1n) is 6.82. The van der Waals surface area contributed by atoms with Crippen molar-refractivity contribution in [3.63, 3.8) is 0 Å². The van der Waals surface area contributed by atoms with Crippen molar-refractivity contribution < 1.29 is 5.11 Å². The van der Waals surface area contributed by atoms with Crippen molar-refractivity contribution in [1.82, 2.24) is 9.38 Å². The zero-order chi connectivity index (χ0) is 15.7. The summed E-state index contributed by atoms with van der Waals surface area (Å²) in [6, 6.07) is 11.2.